The molecular formula is CuO8S2-2. The van der Waals surface area contributed by atoms with Crippen LogP contribution < -0.4 is 0 Å². The van der Waals surface area contributed by atoms with Gasteiger partial charge >= 0.3 is 17.1 Å². The van der Waals surface area contributed by atoms with Crippen molar-refractivity contribution in [2.24, 2.45) is 0 Å². The molecule has 0 aliphatic heterocycles. The van der Waals surface area contributed by atoms with Gasteiger partial charge in [-0.3, -0.25) is 16.8 Å². The van der Waals surface area contributed by atoms with Gasteiger partial charge in [-0.2, -0.15) is 0 Å². The van der Waals surface area contributed by atoms with E-state index in [-0.39, 0.29) is 17.1 Å². The van der Waals surface area contributed by atoms with E-state index in [1.807, 2.05) is 0 Å². The maximum atomic E-state index is 8.52. The number of rotatable bonds is 0. The first-order valence-electron chi connectivity index (χ1n) is 1.33. The fourth-order valence-electron chi connectivity index (χ4n) is 0. The van der Waals surface area contributed by atoms with Crippen LogP contribution in [-0.2, 0) is 37.9 Å². The Morgan fingerprint density at radius 2 is 0.636 bits per heavy atom. The molecule has 73 valence electrons. The average Bonchev–Trinajstić information content (AvgIpc) is 1.12. The minimum absolute atomic E-state index is 0. The minimum Gasteiger partial charge on any atom is -0.759 e. The van der Waals surface area contributed by atoms with E-state index in [4.69, 9.17) is 35.0 Å². The van der Waals surface area contributed by atoms with Crippen LogP contribution in [0.25, 0.3) is 0 Å². The molecule has 8 nitrogen and oxygen atoms in total. The van der Waals surface area contributed by atoms with Crippen molar-refractivity contribution in [1.29, 1.82) is 0 Å². The Kier molecular flexibility index (Phi) is 9.24. The van der Waals surface area contributed by atoms with Crippen LogP contribution in [0.2, 0.25) is 0 Å². The molecule has 1 radical (unpaired) electrons. The molecule has 0 spiro atoms. The van der Waals surface area contributed by atoms with Gasteiger partial charge in [0.25, 0.3) is 0 Å². The van der Waals surface area contributed by atoms with Crippen LogP contribution in [0.15, 0.2) is 0 Å². The molecule has 0 aromatic carbocycles. The van der Waals surface area contributed by atoms with E-state index in [9.17, 15) is 0 Å². The van der Waals surface area contributed by atoms with Crippen molar-refractivity contribution in [2.45, 2.75) is 0 Å². The molecule has 0 unspecified atom stereocenters. The van der Waals surface area contributed by atoms with E-state index in [0.29, 0.717) is 0 Å². The van der Waals surface area contributed by atoms with Crippen molar-refractivity contribution < 1.29 is 52.1 Å². The Labute approximate surface area is 73.2 Å². The van der Waals surface area contributed by atoms with Crippen LogP contribution >= 0.6 is 0 Å². The molecule has 0 aromatic rings. The zero-order valence-corrected chi connectivity index (χ0v) is 6.96. The summed E-state index contributed by atoms with van der Waals surface area (Å²) < 4.78 is 68.2. The zero-order chi connectivity index (χ0) is 9.00. The average molecular weight is 256 g/mol. The van der Waals surface area contributed by atoms with Gasteiger partial charge in [-0.15, -0.1) is 0 Å². The fourth-order valence-corrected chi connectivity index (χ4v) is 0. The molecule has 0 N–H and O–H groups in total. The van der Waals surface area contributed by atoms with Gasteiger partial charge in [-0.1, -0.05) is 0 Å². The molecule has 0 saturated carbocycles. The predicted octanol–water partition coefficient (Wildman–Crippen LogP) is -2.68. The monoisotopic (exact) mass is 255 g/mol. The van der Waals surface area contributed by atoms with E-state index < -0.39 is 20.8 Å². The van der Waals surface area contributed by atoms with Crippen molar-refractivity contribution in [3.8, 4) is 0 Å². The van der Waals surface area contributed by atoms with Crippen LogP contribution in [0.5, 0.6) is 0 Å². The summed E-state index contributed by atoms with van der Waals surface area (Å²) in [6.07, 6.45) is 0. The molecule has 0 atom stereocenters. The van der Waals surface area contributed by atoms with E-state index in [0.717, 1.165) is 0 Å². The van der Waals surface area contributed by atoms with Gasteiger partial charge in [-0.05, 0) is 0 Å². The van der Waals surface area contributed by atoms with E-state index >= 15 is 0 Å². The Balaban J connectivity index is -0.000000107. The van der Waals surface area contributed by atoms with Crippen molar-refractivity contribution in [3.05, 3.63) is 0 Å². The molecule has 0 rings (SSSR count). The molecule has 11 heteroatoms. The van der Waals surface area contributed by atoms with Gasteiger partial charge < -0.3 is 18.2 Å². The summed E-state index contributed by atoms with van der Waals surface area (Å²) in [5.74, 6) is 0. The van der Waals surface area contributed by atoms with E-state index in [1.165, 1.54) is 0 Å². The summed E-state index contributed by atoms with van der Waals surface area (Å²) in [6, 6.07) is 0. The third-order valence-corrected chi connectivity index (χ3v) is 0. The Morgan fingerprint density at radius 1 is 0.636 bits per heavy atom. The van der Waals surface area contributed by atoms with Gasteiger partial charge in [0, 0.05) is 20.8 Å². The van der Waals surface area contributed by atoms with Crippen LogP contribution in [0.4, 0.5) is 0 Å². The third-order valence-electron chi connectivity index (χ3n) is 0. The number of hydrogen-bond donors (Lipinski definition) is 0. The van der Waals surface area contributed by atoms with Gasteiger partial charge in [-0.25, -0.2) is 0 Å². The third kappa shape index (κ3) is 10400. The smallest absolute Gasteiger partial charge is 0.759 e. The second kappa shape index (κ2) is 5.85. The molecule has 0 saturated heterocycles. The summed E-state index contributed by atoms with van der Waals surface area (Å²) in [6.45, 7) is 0. The second-order valence-electron chi connectivity index (χ2n) is 0.816. The van der Waals surface area contributed by atoms with Crippen molar-refractivity contribution in [2.75, 3.05) is 0 Å². The van der Waals surface area contributed by atoms with Crippen LogP contribution in [-0.4, -0.2) is 35.0 Å². The van der Waals surface area contributed by atoms with Crippen molar-refractivity contribution >= 4 is 20.8 Å². The van der Waals surface area contributed by atoms with Crippen LogP contribution in [0, 0.1) is 0 Å². The largest absolute Gasteiger partial charge is 2.00 e. The Bertz CT molecular complexity index is 208. The second-order valence-corrected chi connectivity index (χ2v) is 2.45. The molecule has 11 heavy (non-hydrogen) atoms. The van der Waals surface area contributed by atoms with Crippen molar-refractivity contribution in [3.63, 3.8) is 0 Å². The quantitative estimate of drug-likeness (QED) is 0.257. The minimum atomic E-state index is -5.17. The van der Waals surface area contributed by atoms with E-state index in [1.54, 1.807) is 0 Å². The molecule has 0 heterocycles. The summed E-state index contributed by atoms with van der Waals surface area (Å²) in [5, 5.41) is 0. The molecule has 0 fully saturated rings. The van der Waals surface area contributed by atoms with Gasteiger partial charge in [0.15, 0.2) is 0 Å². The summed E-state index contributed by atoms with van der Waals surface area (Å²) in [5.41, 5.74) is 0. The molecular weight excluding hydrogens is 256 g/mol. The number of hydrogen-bond acceptors (Lipinski definition) is 8. The Morgan fingerprint density at radius 3 is 0.636 bits per heavy atom. The maximum absolute atomic E-state index is 8.52. The Hall–Kier alpha value is 0.259. The van der Waals surface area contributed by atoms with Crippen molar-refractivity contribution in [1.82, 2.24) is 0 Å². The van der Waals surface area contributed by atoms with Crippen LogP contribution in [0.1, 0.15) is 0 Å². The zero-order valence-electron chi connectivity index (χ0n) is 4.38. The van der Waals surface area contributed by atoms with E-state index in [2.05, 4.69) is 0 Å². The first kappa shape index (κ1) is 17.4. The fraction of sp³-hybridized carbons (Fsp3) is 0. The molecule has 0 aromatic heterocycles. The molecule has 0 aliphatic carbocycles. The molecule has 0 bridgehead atoms. The van der Waals surface area contributed by atoms with Gasteiger partial charge in [0.1, 0.15) is 0 Å². The standard InChI is InChI=1S/Cu.2H2O4S/c;2*1-5(2,3)4/h;2*(H2,1,2,3,4)/q+2;;/p-4. The van der Waals surface area contributed by atoms with Gasteiger partial charge in [0.05, 0.1) is 0 Å². The topological polar surface area (TPSA) is 161 Å². The normalized spacial score (nSPS) is 10.5. The predicted molar refractivity (Wildman–Crippen MR) is 20.9 cm³/mol. The SMILES string of the molecule is O=S(=O)([O-])[O-].O=S(=O)([O-])[O-].[Cu+2]. The first-order valence-corrected chi connectivity index (χ1v) is 4.00. The summed E-state index contributed by atoms with van der Waals surface area (Å²) >= 11 is 0. The maximum Gasteiger partial charge on any atom is 2.00 e. The summed E-state index contributed by atoms with van der Waals surface area (Å²) in [7, 11) is -10.3. The van der Waals surface area contributed by atoms with Gasteiger partial charge in [0.2, 0.25) is 0 Å². The summed E-state index contributed by atoms with van der Waals surface area (Å²) in [4.78, 5) is 0. The van der Waals surface area contributed by atoms with Crippen LogP contribution in [0.3, 0.4) is 0 Å². The first-order chi connectivity index (χ1) is 4.00. The molecule has 0 amide bonds. The molecule has 0 aliphatic rings.